The van der Waals surface area contributed by atoms with Crippen LogP contribution in [0, 0.1) is 0 Å². The first-order valence-corrected chi connectivity index (χ1v) is 39.0. The summed E-state index contributed by atoms with van der Waals surface area (Å²) in [5, 5.41) is 311. The Morgan fingerprint density at radius 1 is 0.230 bits per heavy atom. The molecule has 0 aromatic carbocycles. The smallest absolute Gasteiger partial charge is 0.217 e. The fourth-order valence-corrected chi connectivity index (χ4v) is 15.8. The van der Waals surface area contributed by atoms with Crippen molar-refractivity contribution in [3.63, 3.8) is 0 Å². The number of nitrogens with one attached hydrogen (secondary N) is 4. The van der Waals surface area contributed by atoms with Gasteiger partial charge in [-0.2, -0.15) is 0 Å². The second kappa shape index (κ2) is 43.6. The van der Waals surface area contributed by atoms with Crippen LogP contribution >= 0.6 is 0 Å². The summed E-state index contributed by atoms with van der Waals surface area (Å²) in [6.45, 7) is -4.95. The molecule has 4 amide bonds. The minimum atomic E-state index is -2.64. The molecule has 54 heteroatoms. The van der Waals surface area contributed by atoms with Gasteiger partial charge in [0.2, 0.25) is 23.6 Å². The Bertz CT molecular complexity index is 3290. The summed E-state index contributed by atoms with van der Waals surface area (Å²) in [5.74, 6) is -3.79. The van der Waals surface area contributed by atoms with Crippen molar-refractivity contribution in [3.8, 4) is 0 Å². The van der Waals surface area contributed by atoms with Gasteiger partial charge in [0, 0.05) is 27.7 Å². The van der Waals surface area contributed by atoms with Gasteiger partial charge in [0.15, 0.2) is 62.9 Å². The summed E-state index contributed by atoms with van der Waals surface area (Å²) in [5.41, 5.74) is 0. The largest absolute Gasteiger partial charge is 0.394 e. The number of carbonyl (C=O) groups excluding carboxylic acids is 4. The second-order valence-electron chi connectivity index (χ2n) is 31.0. The lowest BCUT2D eigenvalue weighted by Crippen LogP contribution is -2.71. The molecule has 706 valence electrons. The van der Waals surface area contributed by atoms with Crippen LogP contribution in [0.4, 0.5) is 0 Å². The lowest BCUT2D eigenvalue weighted by molar-refractivity contribution is -0.399. The molecule has 31 N–H and O–H groups in total. The summed E-state index contributed by atoms with van der Waals surface area (Å²) < 4.78 is 113. The first-order chi connectivity index (χ1) is 57.7. The van der Waals surface area contributed by atoms with Gasteiger partial charge in [-0.15, -0.1) is 0 Å². The summed E-state index contributed by atoms with van der Waals surface area (Å²) in [4.78, 5) is 51.9. The Balaban J connectivity index is 1.00. The van der Waals surface area contributed by atoms with Gasteiger partial charge in [0.1, 0.15) is 238 Å². The molecule has 0 spiro atoms. The normalized spacial score (nSPS) is 49.7. The molecule has 0 aromatic heterocycles. The molecular formula is C68H114N4O50. The number of hydrogen-bond donors (Lipinski definition) is 31. The Kier molecular flexibility index (Phi) is 35.8. The van der Waals surface area contributed by atoms with Crippen LogP contribution in [0.3, 0.4) is 0 Å². The van der Waals surface area contributed by atoms with Crippen LogP contribution in [0.15, 0.2) is 0 Å². The predicted octanol–water partition coefficient (Wildman–Crippen LogP) is -21.2. The number of ether oxygens (including phenoxy) is 19. The molecule has 122 heavy (non-hydrogen) atoms. The van der Waals surface area contributed by atoms with E-state index in [0.29, 0.717) is 0 Å². The van der Waals surface area contributed by atoms with E-state index in [1.807, 2.05) is 0 Å². The predicted molar refractivity (Wildman–Crippen MR) is 375 cm³/mol. The minimum absolute atomic E-state index is 0.848. The maximum absolute atomic E-state index is 13.3. The van der Waals surface area contributed by atoms with Crippen molar-refractivity contribution in [2.24, 2.45) is 0 Å². The first kappa shape index (κ1) is 100. The van der Waals surface area contributed by atoms with Gasteiger partial charge in [-0.05, 0) is 6.92 Å². The van der Waals surface area contributed by atoms with E-state index in [1.165, 1.54) is 6.92 Å². The monoisotopic (exact) mass is 1790 g/mol. The van der Waals surface area contributed by atoms with Gasteiger partial charge >= 0.3 is 0 Å². The van der Waals surface area contributed by atoms with Gasteiger partial charge in [-0.3, -0.25) is 19.2 Å². The van der Waals surface area contributed by atoms with Gasteiger partial charge in [-0.25, -0.2) is 0 Å². The van der Waals surface area contributed by atoms with E-state index in [0.717, 1.165) is 27.7 Å². The summed E-state index contributed by atoms with van der Waals surface area (Å²) >= 11 is 0. The summed E-state index contributed by atoms with van der Waals surface area (Å²) in [7, 11) is 0. The zero-order valence-corrected chi connectivity index (χ0v) is 65.7. The van der Waals surface area contributed by atoms with Crippen LogP contribution in [-0.4, -0.2) is 528 Å². The maximum atomic E-state index is 13.3. The van der Waals surface area contributed by atoms with Gasteiger partial charge in [-0.1, -0.05) is 0 Å². The number of rotatable bonds is 31. The molecule has 54 nitrogen and oxygen atoms in total. The highest BCUT2D eigenvalue weighted by Gasteiger charge is 2.62. The standard InChI is InChI=1S/C68H114N4O50/c1-15-33(84)43(94)48(99)63(106-15)104-14-28-53(41(92)29(59(103)107-28)69-16(2)80)116-60-30(70-17(3)81)42(93)52(26(12-79)114-60)117-66-51(102)56(120-68-58(47(98)37(88)23(9-76)113-68)122-62-32(72-19(5)83)55(39(90)25(11-78)109-62)119-65-50(101)45(96)35(86)21(7-74)111-65)40(91)27(115-66)13-105-67-57(46(97)36(87)22(8-75)112-67)121-61-31(71-18(4)82)54(38(89)24(10-77)108-61)118-64-49(100)44(95)34(85)20(6-73)110-64/h15,20-68,73-79,84-103H,6-14H2,1-5H3,(H,69,80)(H,70,81)(H,71,82)(H,72,83)/t15-,20+,21+,22+,23+,24+,25+,26+,27+,28+,29+,30+,31+,32-,33+,34-,35-,36+,37+,38+,39+,40+,41+,42+,43+,44-,45-,46-,47-,48-,49+,50+,51-,52+,53+,54+,55+,56-,57-,58-,59?,60-,61-,62-,63+,64-,65-,66-,67-,68+/m0/s1. The molecule has 10 saturated heterocycles. The quantitative estimate of drug-likeness (QED) is 0.0306. The van der Waals surface area contributed by atoms with Crippen LogP contribution in [0.2, 0.25) is 0 Å². The van der Waals surface area contributed by atoms with Crippen LogP contribution < -0.4 is 21.3 Å². The molecule has 10 aliphatic heterocycles. The molecule has 10 fully saturated rings. The highest BCUT2D eigenvalue weighted by Crippen LogP contribution is 2.41. The molecule has 0 radical (unpaired) electrons. The molecular weight excluding hydrogens is 1670 g/mol. The molecule has 10 heterocycles. The molecule has 1 unspecified atom stereocenters. The molecule has 0 aromatic rings. The van der Waals surface area contributed by atoms with Gasteiger partial charge < -0.3 is 249 Å². The zero-order valence-electron chi connectivity index (χ0n) is 65.7. The molecule has 50 atom stereocenters. The van der Waals surface area contributed by atoms with E-state index in [1.54, 1.807) is 0 Å². The van der Waals surface area contributed by atoms with Gasteiger partial charge in [0.05, 0.1) is 65.6 Å². The van der Waals surface area contributed by atoms with Crippen molar-refractivity contribution < 1.29 is 247 Å². The average molecular weight is 1790 g/mol. The third-order valence-electron chi connectivity index (χ3n) is 22.4. The number of aliphatic hydroxyl groups is 27. The lowest BCUT2D eigenvalue weighted by atomic mass is 9.93. The maximum Gasteiger partial charge on any atom is 0.217 e. The van der Waals surface area contributed by atoms with Crippen LogP contribution in [0.5, 0.6) is 0 Å². The van der Waals surface area contributed by atoms with Crippen molar-refractivity contribution >= 4 is 23.6 Å². The topological polar surface area (TPSA) is 838 Å². The third kappa shape index (κ3) is 22.0. The third-order valence-corrected chi connectivity index (χ3v) is 22.4. The summed E-state index contributed by atoms with van der Waals surface area (Å²) in [6.07, 6.45) is -96.2. The Morgan fingerprint density at radius 2 is 0.516 bits per heavy atom. The number of aliphatic hydroxyl groups excluding tert-OH is 27. The first-order valence-electron chi connectivity index (χ1n) is 39.0. The second-order valence-corrected chi connectivity index (χ2v) is 31.0. The van der Waals surface area contributed by atoms with E-state index < -0.39 is 390 Å². The van der Waals surface area contributed by atoms with Crippen molar-refractivity contribution in [3.05, 3.63) is 0 Å². The van der Waals surface area contributed by atoms with Crippen molar-refractivity contribution in [2.75, 3.05) is 59.5 Å². The molecule has 10 rings (SSSR count). The molecule has 0 aliphatic carbocycles. The summed E-state index contributed by atoms with van der Waals surface area (Å²) in [6, 6.07) is -7.69. The fourth-order valence-electron chi connectivity index (χ4n) is 15.8. The van der Waals surface area contributed by atoms with E-state index >= 15 is 0 Å². The number of hydrogen-bond acceptors (Lipinski definition) is 50. The van der Waals surface area contributed by atoms with Crippen molar-refractivity contribution in [2.45, 2.75) is 341 Å². The molecule has 0 bridgehead atoms. The van der Waals surface area contributed by atoms with Gasteiger partial charge in [0.25, 0.3) is 0 Å². The van der Waals surface area contributed by atoms with E-state index in [4.69, 9.17) is 90.0 Å². The minimum Gasteiger partial charge on any atom is -0.394 e. The number of carbonyl (C=O) groups is 4. The lowest BCUT2D eigenvalue weighted by Gasteiger charge is -2.51. The Morgan fingerprint density at radius 3 is 0.975 bits per heavy atom. The molecule has 10 aliphatic rings. The van der Waals surface area contributed by atoms with Crippen LogP contribution in [0.25, 0.3) is 0 Å². The van der Waals surface area contributed by atoms with E-state index in [9.17, 15) is 157 Å². The Hall–Kier alpha value is -3.96. The Labute approximate surface area is 691 Å². The zero-order chi connectivity index (χ0) is 89.8. The SMILES string of the molecule is CC(=O)N[C@@H]1[C@H](O[C@@H]2[C@@H](O[C@@H]3[C@H](O)[C@H](O[C@H]4[C@H](O)[C@@H](NC(C)=O)[C@H](O[C@H]5[C@H](O)[C@@H](NC(C)=O)C(O)O[C@@H]5CO[C@@H]5O[C@@H](C)[C@@H](O)[C@@H](O)[C@@H]5O)O[C@@H]4CO)O[C@H](CO[C@H]4O[C@H](CO)[C@@H](O)[C@H](O)[C@@H]4O[C@@H]4O[C@H](CO)[C@@H](O)[C@H](O[C@@H]5O[C@H](CO)[C@H](O)[C@H](O)[C@H]5O)[C@H]4NC(C)=O)[C@H]3O)O[C@H](CO)[C@@H](O)[C@@H]2O)O[C@H](CO)[C@@H](O)[C@@H]1O[C@@H]1O[C@H](CO)[C@H](O)[C@H](O)[C@H]1O. The van der Waals surface area contributed by atoms with E-state index in [-0.39, 0.29) is 0 Å². The van der Waals surface area contributed by atoms with Crippen molar-refractivity contribution in [1.29, 1.82) is 0 Å². The number of amides is 4. The molecule has 0 saturated carbocycles. The fraction of sp³-hybridized carbons (Fsp3) is 0.941. The van der Waals surface area contributed by atoms with Crippen LogP contribution in [0.1, 0.15) is 34.6 Å². The van der Waals surface area contributed by atoms with Crippen LogP contribution in [-0.2, 0) is 109 Å². The van der Waals surface area contributed by atoms with E-state index in [2.05, 4.69) is 21.3 Å². The highest BCUT2D eigenvalue weighted by molar-refractivity contribution is 5.74. The highest BCUT2D eigenvalue weighted by atomic mass is 16.8. The average Bonchev–Trinajstić information content (AvgIpc) is 0.766. The van der Waals surface area contributed by atoms with Crippen molar-refractivity contribution in [1.82, 2.24) is 21.3 Å².